The van der Waals surface area contributed by atoms with E-state index in [-0.39, 0.29) is 24.2 Å². The predicted octanol–water partition coefficient (Wildman–Crippen LogP) is 2.47. The maximum Gasteiger partial charge on any atom is 0.246 e. The van der Waals surface area contributed by atoms with Gasteiger partial charge >= 0.3 is 0 Å². The maximum absolute atomic E-state index is 11.6. The zero-order chi connectivity index (χ0) is 17.3. The molecule has 0 bridgehead atoms. The number of H-pyrrole nitrogens is 1. The number of nitrogens with one attached hydrogen (secondary N) is 2. The predicted molar refractivity (Wildman–Crippen MR) is 98.6 cm³/mol. The number of benzene rings is 1. The summed E-state index contributed by atoms with van der Waals surface area (Å²) in [6, 6.07) is 8.65. The van der Waals surface area contributed by atoms with Gasteiger partial charge in [0, 0.05) is 36.7 Å². The van der Waals surface area contributed by atoms with E-state index in [2.05, 4.69) is 52.6 Å². The Morgan fingerprint density at radius 3 is 2.88 bits per heavy atom. The van der Waals surface area contributed by atoms with Gasteiger partial charge in [0.15, 0.2) is 0 Å². The van der Waals surface area contributed by atoms with Gasteiger partial charge in [-0.2, -0.15) is 0 Å². The molecule has 4 rings (SSSR count). The minimum Gasteiger partial charge on any atom is -0.363 e. The molecule has 5 heteroatoms. The SMILES string of the molecule is CCC1NC(=O)COC12CCN(CCc1c[nH]c3ccccc13)CC2. The number of carbonyl (C=O) groups is 1. The van der Waals surface area contributed by atoms with Gasteiger partial charge in [0.1, 0.15) is 6.61 Å². The highest BCUT2D eigenvalue weighted by Crippen LogP contribution is 2.33. The number of para-hydroxylation sites is 1. The number of aromatic amines is 1. The summed E-state index contributed by atoms with van der Waals surface area (Å²) >= 11 is 0. The molecule has 2 aromatic rings. The van der Waals surface area contributed by atoms with Crippen LogP contribution in [0.2, 0.25) is 0 Å². The molecule has 0 saturated carbocycles. The summed E-state index contributed by atoms with van der Waals surface area (Å²) in [6.45, 7) is 5.49. The van der Waals surface area contributed by atoms with Crippen LogP contribution in [0.1, 0.15) is 31.7 Å². The molecule has 25 heavy (non-hydrogen) atoms. The van der Waals surface area contributed by atoms with E-state index in [4.69, 9.17) is 4.74 Å². The topological polar surface area (TPSA) is 57.4 Å². The third-order valence-electron chi connectivity index (χ3n) is 5.94. The largest absolute Gasteiger partial charge is 0.363 e. The van der Waals surface area contributed by atoms with E-state index in [0.717, 1.165) is 45.3 Å². The van der Waals surface area contributed by atoms with E-state index in [9.17, 15) is 4.79 Å². The molecule has 0 radical (unpaired) electrons. The summed E-state index contributed by atoms with van der Waals surface area (Å²) in [5.41, 5.74) is 2.45. The third-order valence-corrected chi connectivity index (χ3v) is 5.94. The molecule has 5 nitrogen and oxygen atoms in total. The van der Waals surface area contributed by atoms with Crippen LogP contribution in [0.4, 0.5) is 0 Å². The lowest BCUT2D eigenvalue weighted by atomic mass is 9.81. The minimum atomic E-state index is -0.153. The van der Waals surface area contributed by atoms with Gasteiger partial charge in [0.05, 0.1) is 11.6 Å². The Hall–Kier alpha value is -1.85. The number of nitrogens with zero attached hydrogens (tertiary/aromatic N) is 1. The van der Waals surface area contributed by atoms with Crippen LogP contribution in [0.5, 0.6) is 0 Å². The second-order valence-electron chi connectivity index (χ2n) is 7.33. The fourth-order valence-electron chi connectivity index (χ4n) is 4.42. The van der Waals surface area contributed by atoms with Crippen molar-refractivity contribution in [2.24, 2.45) is 0 Å². The Morgan fingerprint density at radius 2 is 2.08 bits per heavy atom. The molecular formula is C20H27N3O2. The highest BCUT2D eigenvalue weighted by Gasteiger charge is 2.45. The molecule has 1 aromatic heterocycles. The minimum absolute atomic E-state index is 0.0271. The molecule has 2 aliphatic rings. The van der Waals surface area contributed by atoms with Crippen LogP contribution in [0.25, 0.3) is 10.9 Å². The standard InChI is InChI=1S/C20H27N3O2/c1-2-18-20(25-14-19(24)22-18)8-11-23(12-9-20)10-7-15-13-21-17-6-4-3-5-16(15)17/h3-6,13,18,21H,2,7-12,14H2,1H3,(H,22,24). The number of fused-ring (bicyclic) bond motifs is 1. The molecule has 2 N–H and O–H groups in total. The Morgan fingerprint density at radius 1 is 1.28 bits per heavy atom. The number of piperidine rings is 1. The van der Waals surface area contributed by atoms with Crippen molar-refractivity contribution >= 4 is 16.8 Å². The first-order valence-electron chi connectivity index (χ1n) is 9.41. The summed E-state index contributed by atoms with van der Waals surface area (Å²) < 4.78 is 6.03. The van der Waals surface area contributed by atoms with Gasteiger partial charge in [0.2, 0.25) is 5.91 Å². The van der Waals surface area contributed by atoms with Gasteiger partial charge in [-0.25, -0.2) is 0 Å². The molecule has 2 saturated heterocycles. The zero-order valence-corrected chi connectivity index (χ0v) is 14.9. The van der Waals surface area contributed by atoms with E-state index < -0.39 is 0 Å². The second kappa shape index (κ2) is 6.81. The Balaban J connectivity index is 1.35. The van der Waals surface area contributed by atoms with Crippen molar-refractivity contribution in [3.8, 4) is 0 Å². The number of carbonyl (C=O) groups excluding carboxylic acids is 1. The molecule has 2 fully saturated rings. The fraction of sp³-hybridized carbons (Fsp3) is 0.550. The van der Waals surface area contributed by atoms with Crippen molar-refractivity contribution < 1.29 is 9.53 Å². The fourth-order valence-corrected chi connectivity index (χ4v) is 4.42. The van der Waals surface area contributed by atoms with E-state index in [0.29, 0.717) is 0 Å². The molecule has 3 heterocycles. The van der Waals surface area contributed by atoms with Crippen molar-refractivity contribution in [2.45, 2.75) is 44.2 Å². The summed E-state index contributed by atoms with van der Waals surface area (Å²) in [7, 11) is 0. The first kappa shape index (κ1) is 16.6. The van der Waals surface area contributed by atoms with Gasteiger partial charge in [-0.3, -0.25) is 4.79 Å². The zero-order valence-electron chi connectivity index (χ0n) is 14.9. The average Bonchev–Trinajstić information content (AvgIpc) is 3.06. The summed E-state index contributed by atoms with van der Waals surface area (Å²) in [5, 5.41) is 4.46. The normalized spacial score (nSPS) is 23.9. The maximum atomic E-state index is 11.6. The highest BCUT2D eigenvalue weighted by molar-refractivity contribution is 5.83. The number of ether oxygens (including phenoxy) is 1. The lowest BCUT2D eigenvalue weighted by molar-refractivity contribution is -0.161. The smallest absolute Gasteiger partial charge is 0.246 e. The van der Waals surface area contributed by atoms with E-state index in [1.807, 2.05) is 0 Å². The first-order valence-corrected chi connectivity index (χ1v) is 9.41. The van der Waals surface area contributed by atoms with Gasteiger partial charge in [0.25, 0.3) is 0 Å². The van der Waals surface area contributed by atoms with Gasteiger partial charge in [-0.1, -0.05) is 25.1 Å². The molecule has 134 valence electrons. The number of hydrogen-bond acceptors (Lipinski definition) is 3. The Bertz CT molecular complexity index is 746. The number of hydrogen-bond donors (Lipinski definition) is 2. The van der Waals surface area contributed by atoms with Crippen molar-refractivity contribution in [1.82, 2.24) is 15.2 Å². The van der Waals surface area contributed by atoms with Crippen LogP contribution in [0.3, 0.4) is 0 Å². The monoisotopic (exact) mass is 341 g/mol. The van der Waals surface area contributed by atoms with Gasteiger partial charge in [-0.15, -0.1) is 0 Å². The molecule has 0 aliphatic carbocycles. The number of amides is 1. The molecule has 1 atom stereocenters. The van der Waals surface area contributed by atoms with Crippen LogP contribution in [-0.2, 0) is 16.0 Å². The lowest BCUT2D eigenvalue weighted by Crippen LogP contribution is -2.63. The van der Waals surface area contributed by atoms with Crippen LogP contribution in [0.15, 0.2) is 30.5 Å². The summed E-state index contributed by atoms with van der Waals surface area (Å²) in [5.74, 6) is 0.0271. The second-order valence-corrected chi connectivity index (χ2v) is 7.33. The van der Waals surface area contributed by atoms with E-state index in [1.54, 1.807) is 0 Å². The Labute approximate surface area is 148 Å². The highest BCUT2D eigenvalue weighted by atomic mass is 16.5. The number of aromatic nitrogens is 1. The summed E-state index contributed by atoms with van der Waals surface area (Å²) in [6.07, 6.45) is 6.13. The number of morpholine rings is 1. The van der Waals surface area contributed by atoms with Crippen LogP contribution < -0.4 is 5.32 Å². The number of rotatable bonds is 4. The Kier molecular flexibility index (Phi) is 4.52. The van der Waals surface area contributed by atoms with Gasteiger partial charge < -0.3 is 19.9 Å². The average molecular weight is 341 g/mol. The molecule has 2 aliphatic heterocycles. The first-order chi connectivity index (χ1) is 12.2. The third kappa shape index (κ3) is 3.18. The van der Waals surface area contributed by atoms with Crippen molar-refractivity contribution in [3.05, 3.63) is 36.0 Å². The van der Waals surface area contributed by atoms with Crippen LogP contribution in [0, 0.1) is 0 Å². The molecular weight excluding hydrogens is 314 g/mol. The molecule has 1 amide bonds. The van der Waals surface area contributed by atoms with Crippen LogP contribution >= 0.6 is 0 Å². The van der Waals surface area contributed by atoms with E-state index >= 15 is 0 Å². The molecule has 1 unspecified atom stereocenters. The van der Waals surface area contributed by atoms with Crippen molar-refractivity contribution in [2.75, 3.05) is 26.2 Å². The quantitative estimate of drug-likeness (QED) is 0.898. The summed E-state index contributed by atoms with van der Waals surface area (Å²) in [4.78, 5) is 17.5. The van der Waals surface area contributed by atoms with E-state index in [1.165, 1.54) is 16.5 Å². The van der Waals surface area contributed by atoms with Gasteiger partial charge in [-0.05, 0) is 37.3 Å². The van der Waals surface area contributed by atoms with Crippen molar-refractivity contribution in [1.29, 1.82) is 0 Å². The van der Waals surface area contributed by atoms with Crippen LogP contribution in [-0.4, -0.2) is 53.7 Å². The lowest BCUT2D eigenvalue weighted by Gasteiger charge is -2.48. The number of likely N-dealkylation sites (tertiary alicyclic amines) is 1. The molecule has 1 spiro atoms. The molecule has 1 aromatic carbocycles. The van der Waals surface area contributed by atoms with Crippen molar-refractivity contribution in [3.63, 3.8) is 0 Å².